The number of benzene rings is 9. The average molecular weight is 1350 g/mol. The number of allylic oxidation sites excluding steroid dienone is 1. The third kappa shape index (κ3) is 20.0. The molecule has 0 bridgehead atoms. The van der Waals surface area contributed by atoms with Crippen molar-refractivity contribution in [3.63, 3.8) is 0 Å². The Balaban J connectivity index is 0.000000135. The second kappa shape index (κ2) is 34.3. The number of nitrogens with one attached hydrogen (secondary N) is 3. The maximum absolute atomic E-state index is 6.02. The highest BCUT2D eigenvalue weighted by Crippen LogP contribution is 2.30. The van der Waals surface area contributed by atoms with Crippen LogP contribution in [0.15, 0.2) is 277 Å². The number of tetrazole rings is 3. The number of hydrogen-bond donors (Lipinski definition) is 3. The van der Waals surface area contributed by atoms with Crippen molar-refractivity contribution in [2.45, 2.75) is 47.5 Å². The van der Waals surface area contributed by atoms with E-state index < -0.39 is 0 Å². The molecule has 0 saturated heterocycles. The van der Waals surface area contributed by atoms with Gasteiger partial charge in [0.2, 0.25) is 0 Å². The van der Waals surface area contributed by atoms with Gasteiger partial charge in [-0.25, -0.2) is 25.3 Å². The van der Waals surface area contributed by atoms with Gasteiger partial charge in [-0.3, -0.25) is 4.98 Å². The summed E-state index contributed by atoms with van der Waals surface area (Å²) < 4.78 is 29.4. The topological polar surface area (TPSA) is 248 Å². The number of fused-ring (bicyclic) bond motifs is 3. The van der Waals surface area contributed by atoms with E-state index in [0.29, 0.717) is 49.5 Å². The van der Waals surface area contributed by atoms with E-state index in [1.807, 2.05) is 200 Å². The van der Waals surface area contributed by atoms with Crippen molar-refractivity contribution >= 4 is 80.5 Å². The van der Waals surface area contributed by atoms with Crippen molar-refractivity contribution in [3.8, 4) is 34.5 Å². The largest absolute Gasteiger partial charge is 0.489 e. The summed E-state index contributed by atoms with van der Waals surface area (Å²) in [5.41, 5.74) is 10.2. The summed E-state index contributed by atoms with van der Waals surface area (Å²) in [5.74, 6) is 8.24. The van der Waals surface area contributed by atoms with Crippen LogP contribution in [-0.2, 0) is 37.7 Å². The quantitative estimate of drug-likeness (QED) is 0.0355. The SMILES string of the molecule is C(=C\Oc1ccc(OCc2cccc(OCc3ccc4ccccc4n3)c2)cc1)/Cc1nnn[nH]1.C(=C\c1nnn[nH]1)/c1cccc(Oc2ccc(SCc3ccc4ccccc4n3)cc2)c1.C(=C\c1nnn[nH]1)/c1cccc(SCc2ccc(OCc3ccc4ccccc4n3)cc2)c1. The number of para-hydroxylation sites is 3. The number of pyridine rings is 3. The fourth-order valence-electron chi connectivity index (χ4n) is 9.90. The summed E-state index contributed by atoms with van der Waals surface area (Å²) in [4.78, 5) is 16.4. The highest BCUT2D eigenvalue weighted by Gasteiger charge is 2.08. The van der Waals surface area contributed by atoms with Crippen molar-refractivity contribution in [1.29, 1.82) is 0 Å². The number of aromatic amines is 3. The Hall–Kier alpha value is -12.7. The number of thioether (sulfide) groups is 2. The Morgan fingerprint density at radius 2 is 0.870 bits per heavy atom. The normalized spacial score (nSPS) is 11.2. The molecule has 0 fully saturated rings. The van der Waals surface area contributed by atoms with Gasteiger partial charge in [-0.15, -0.1) is 38.8 Å². The van der Waals surface area contributed by atoms with Crippen LogP contribution >= 0.6 is 23.5 Å². The van der Waals surface area contributed by atoms with Crippen LogP contribution in [0.4, 0.5) is 0 Å². The zero-order valence-electron chi connectivity index (χ0n) is 53.7. The minimum atomic E-state index is 0.403. The molecule has 0 spiro atoms. The molecular weight excluding hydrogens is 1290 g/mol. The molecule has 0 amide bonds. The molecule has 22 heteroatoms. The number of nitrogens with zero attached hydrogens (tertiary/aromatic N) is 12. The minimum Gasteiger partial charge on any atom is -0.489 e. The Bertz CT molecular complexity index is 5150. The molecule has 15 aromatic rings. The van der Waals surface area contributed by atoms with E-state index in [9.17, 15) is 0 Å². The van der Waals surface area contributed by atoms with Crippen LogP contribution in [0.5, 0.6) is 34.5 Å². The fraction of sp³-hybridized carbons (Fsp3) is 0.0769. The van der Waals surface area contributed by atoms with Crippen LogP contribution in [0.1, 0.15) is 56.8 Å². The summed E-state index contributed by atoms with van der Waals surface area (Å²) in [6.45, 7) is 1.28. The lowest BCUT2D eigenvalue weighted by atomic mass is 10.2. The summed E-state index contributed by atoms with van der Waals surface area (Å²) in [5, 5.41) is 44.3. The first-order valence-electron chi connectivity index (χ1n) is 31.8. The molecular formula is C78H63N15O5S2. The second-order valence-corrected chi connectivity index (χ2v) is 24.3. The molecule has 3 N–H and O–H groups in total. The maximum atomic E-state index is 6.02. The minimum absolute atomic E-state index is 0.403. The third-order valence-corrected chi connectivity index (χ3v) is 17.1. The highest BCUT2D eigenvalue weighted by molar-refractivity contribution is 7.98. The molecule has 0 unspecified atom stereocenters. The maximum Gasteiger partial charge on any atom is 0.172 e. The van der Waals surface area contributed by atoms with Gasteiger partial charge in [-0.1, -0.05) is 133 Å². The summed E-state index contributed by atoms with van der Waals surface area (Å²) in [6.07, 6.45) is 11.6. The zero-order valence-corrected chi connectivity index (χ0v) is 55.3. The van der Waals surface area contributed by atoms with Gasteiger partial charge in [0.15, 0.2) is 17.5 Å². The van der Waals surface area contributed by atoms with Gasteiger partial charge in [-0.05, 0) is 205 Å². The van der Waals surface area contributed by atoms with Gasteiger partial charge in [0.05, 0.1) is 39.9 Å². The Labute approximate surface area is 583 Å². The molecule has 6 heterocycles. The number of rotatable bonds is 25. The van der Waals surface area contributed by atoms with Crippen molar-refractivity contribution in [3.05, 3.63) is 324 Å². The first-order chi connectivity index (χ1) is 49.4. The van der Waals surface area contributed by atoms with Gasteiger partial charge in [0, 0.05) is 43.9 Å². The monoisotopic (exact) mass is 1350 g/mol. The van der Waals surface area contributed by atoms with Crippen molar-refractivity contribution in [2.24, 2.45) is 0 Å². The van der Waals surface area contributed by atoms with Crippen LogP contribution in [-0.4, -0.2) is 76.8 Å². The van der Waals surface area contributed by atoms with Gasteiger partial charge in [0.1, 0.15) is 54.3 Å². The van der Waals surface area contributed by atoms with Gasteiger partial charge in [0.25, 0.3) is 0 Å². The van der Waals surface area contributed by atoms with Crippen LogP contribution in [0.3, 0.4) is 0 Å². The lowest BCUT2D eigenvalue weighted by Gasteiger charge is -2.10. The number of ether oxygens (including phenoxy) is 5. The molecule has 0 aliphatic carbocycles. The van der Waals surface area contributed by atoms with Crippen molar-refractivity contribution in [2.75, 3.05) is 0 Å². The van der Waals surface area contributed by atoms with E-state index in [1.54, 1.807) is 29.8 Å². The van der Waals surface area contributed by atoms with E-state index in [4.69, 9.17) is 28.7 Å². The molecule has 0 radical (unpaired) electrons. The van der Waals surface area contributed by atoms with Crippen LogP contribution in [0.25, 0.3) is 57.0 Å². The number of hydrogen-bond acceptors (Lipinski definition) is 19. The molecule has 15 rings (SSSR count). The van der Waals surface area contributed by atoms with Crippen LogP contribution < -0.4 is 23.7 Å². The molecule has 0 saturated carbocycles. The lowest BCUT2D eigenvalue weighted by Crippen LogP contribution is -2.00. The van der Waals surface area contributed by atoms with Gasteiger partial charge in [-0.2, -0.15) is 0 Å². The molecule has 492 valence electrons. The molecule has 100 heavy (non-hydrogen) atoms. The standard InChI is InChI=1S/C27H23N5O3.C26H21N5OS.C25H19N5OS/c1-2-8-26-21(6-1)10-11-22(28-26)19-35-25-7-3-5-20(17-25)18-34-24-14-12-23(13-15-24)33-16-4-9-27-29-31-32-30-27;1-2-7-25-21(5-1)11-12-22(27-25)17-32-23-13-8-20(9-14-23)18-33-24-6-3-4-19(16-24)10-15-26-28-30-31-29-26;1-2-7-24-19(5-1)9-10-20(26-24)17-32-23-13-11-21(12-14-23)31-22-6-3-4-18(16-22)8-15-25-27-29-30-28-25/h1-8,10-17H,9,18-19H2,(H,29,30,31,32);1-16H,17-18H2,(H,28,29,30,31);1-16H,17H2,(H,27,28,29,30)/b16-4+;15-10+;15-8+. The zero-order chi connectivity index (χ0) is 67.6. The van der Waals surface area contributed by atoms with Crippen molar-refractivity contribution in [1.82, 2.24) is 76.8 Å². The van der Waals surface area contributed by atoms with E-state index in [2.05, 4.69) is 157 Å². The molecule has 6 aromatic heterocycles. The van der Waals surface area contributed by atoms with E-state index in [-0.39, 0.29) is 0 Å². The summed E-state index contributed by atoms with van der Waals surface area (Å²) in [7, 11) is 0. The molecule has 0 atom stereocenters. The number of aromatic nitrogens is 15. The van der Waals surface area contributed by atoms with Gasteiger partial charge >= 0.3 is 0 Å². The van der Waals surface area contributed by atoms with Crippen molar-refractivity contribution < 1.29 is 23.7 Å². The second-order valence-electron chi connectivity index (χ2n) is 22.2. The van der Waals surface area contributed by atoms with E-state index in [0.717, 1.165) is 107 Å². The first kappa shape index (κ1) is 66.0. The lowest BCUT2D eigenvalue weighted by molar-refractivity contribution is 0.293. The van der Waals surface area contributed by atoms with Crippen LogP contribution in [0.2, 0.25) is 0 Å². The Morgan fingerprint density at radius 3 is 1.50 bits per heavy atom. The number of H-pyrrole nitrogens is 3. The van der Waals surface area contributed by atoms with Crippen LogP contribution in [0, 0.1) is 0 Å². The molecule has 0 aliphatic rings. The summed E-state index contributed by atoms with van der Waals surface area (Å²) >= 11 is 3.55. The average Bonchev–Trinajstić information content (AvgIpc) is 0.974. The Kier molecular flexibility index (Phi) is 22.6. The molecule has 9 aromatic carbocycles. The first-order valence-corrected chi connectivity index (χ1v) is 33.7. The molecule has 0 aliphatic heterocycles. The fourth-order valence-corrected chi connectivity index (χ4v) is 11.6. The Morgan fingerprint density at radius 1 is 0.350 bits per heavy atom. The van der Waals surface area contributed by atoms with Gasteiger partial charge < -0.3 is 23.7 Å². The highest BCUT2D eigenvalue weighted by atomic mass is 32.2. The van der Waals surface area contributed by atoms with E-state index in [1.165, 1.54) is 15.4 Å². The predicted molar refractivity (Wildman–Crippen MR) is 390 cm³/mol. The predicted octanol–water partition coefficient (Wildman–Crippen LogP) is 16.8. The summed E-state index contributed by atoms with van der Waals surface area (Å²) in [6, 6.07) is 84.6. The smallest absolute Gasteiger partial charge is 0.172 e. The third-order valence-electron chi connectivity index (χ3n) is 15.0. The molecule has 20 nitrogen and oxygen atoms in total. The van der Waals surface area contributed by atoms with E-state index >= 15 is 0 Å².